The summed E-state index contributed by atoms with van der Waals surface area (Å²) in [6.07, 6.45) is 5.86. The van der Waals surface area contributed by atoms with Crippen molar-refractivity contribution in [1.82, 2.24) is 19.9 Å². The molecule has 6 rings (SSSR count). The van der Waals surface area contributed by atoms with Crippen molar-refractivity contribution in [2.75, 3.05) is 0 Å². The van der Waals surface area contributed by atoms with Gasteiger partial charge in [0, 0.05) is 25.9 Å². The molecule has 10 bridgehead atoms. The highest BCUT2D eigenvalue weighted by Gasteiger charge is 2.22. The molecule has 0 aliphatic carbocycles. The Balaban J connectivity index is 1.86. The lowest BCUT2D eigenvalue weighted by atomic mass is 10.0. The fourth-order valence-electron chi connectivity index (χ4n) is 7.70. The van der Waals surface area contributed by atoms with Crippen molar-refractivity contribution in [3.8, 4) is 0 Å². The number of nitrogens with one attached hydrogen (secondary N) is 2. The molecule has 6 heterocycles. The van der Waals surface area contributed by atoms with Crippen LogP contribution in [0.25, 0.3) is 53.8 Å². The van der Waals surface area contributed by atoms with E-state index in [1.165, 1.54) is 81.6 Å². The van der Waals surface area contributed by atoms with Crippen molar-refractivity contribution in [2.24, 2.45) is 0 Å². The van der Waals surface area contributed by atoms with E-state index in [0.29, 0.717) is 0 Å². The zero-order chi connectivity index (χ0) is 32.2. The van der Waals surface area contributed by atoms with E-state index < -0.39 is 0 Å². The van der Waals surface area contributed by atoms with E-state index in [-0.39, 0.29) is 0 Å². The summed E-state index contributed by atoms with van der Waals surface area (Å²) in [6, 6.07) is 9.35. The second kappa shape index (κ2) is 12.2. The third-order valence-corrected chi connectivity index (χ3v) is 11.4. The number of rotatable bonds is 6. The fourth-order valence-corrected chi connectivity index (χ4v) is 9.07. The average molecular weight is 617 g/mol. The number of hydrogen-bond acceptors (Lipinski definition) is 3. The zero-order valence-electron chi connectivity index (χ0n) is 28.9. The molecule has 0 amide bonds. The largest absolute Gasteiger partial charge is 0.355 e. The highest BCUT2D eigenvalue weighted by molar-refractivity contribution is 7.24. The van der Waals surface area contributed by atoms with E-state index in [2.05, 4.69) is 103 Å². The Morgan fingerprint density at radius 2 is 1.07 bits per heavy atom. The molecule has 0 fully saturated rings. The molecule has 0 radical (unpaired) electrons. The predicted octanol–water partition coefficient (Wildman–Crippen LogP) is 11.6. The maximum absolute atomic E-state index is 5.33. The molecular weight excluding hydrogens is 569 g/mol. The van der Waals surface area contributed by atoms with Crippen LogP contribution in [0, 0.1) is 13.8 Å². The minimum Gasteiger partial charge on any atom is -0.355 e. The molecule has 2 aliphatic rings. The first kappa shape index (κ1) is 31.3. The Bertz CT molecular complexity index is 2110. The van der Waals surface area contributed by atoms with E-state index in [9.17, 15) is 0 Å². The molecule has 0 unspecified atom stereocenters. The van der Waals surface area contributed by atoms with Gasteiger partial charge in [-0.15, -0.1) is 11.3 Å². The number of thiophene rings is 1. The maximum atomic E-state index is 5.33. The van der Waals surface area contributed by atoms with Gasteiger partial charge in [0.1, 0.15) is 0 Å². The Kier molecular flexibility index (Phi) is 8.51. The molecule has 2 N–H and O–H groups in total. The number of hydrogen-bond donors (Lipinski definition) is 2. The monoisotopic (exact) mass is 616 g/mol. The number of aromatic nitrogens is 4. The lowest BCUT2D eigenvalue weighted by Gasteiger charge is -2.01. The van der Waals surface area contributed by atoms with Crippen LogP contribution < -0.4 is 0 Å². The highest BCUT2D eigenvalue weighted by Crippen LogP contribution is 2.39. The Hall–Kier alpha value is -3.70. The number of allylic oxidation sites excluding steroid dienone is 4. The molecule has 0 atom stereocenters. The average Bonchev–Trinajstić information content (AvgIpc) is 3.77. The van der Waals surface area contributed by atoms with Crippen molar-refractivity contribution in [3.63, 3.8) is 0 Å². The fraction of sp³-hybridized carbons (Fsp3) is 0.400. The van der Waals surface area contributed by atoms with Crippen LogP contribution in [0.3, 0.4) is 0 Å². The molecule has 4 aromatic heterocycles. The topological polar surface area (TPSA) is 57.4 Å². The van der Waals surface area contributed by atoms with E-state index >= 15 is 0 Å². The Labute approximate surface area is 272 Å². The second-order valence-corrected chi connectivity index (χ2v) is 13.6. The van der Waals surface area contributed by atoms with Crippen LogP contribution >= 0.6 is 11.3 Å². The molecule has 0 spiro atoms. The minimum atomic E-state index is 0.932. The summed E-state index contributed by atoms with van der Waals surface area (Å²) in [7, 11) is 0. The number of aromatic amines is 2. The van der Waals surface area contributed by atoms with Gasteiger partial charge < -0.3 is 9.97 Å². The molecule has 5 heteroatoms. The first-order chi connectivity index (χ1) is 21.7. The van der Waals surface area contributed by atoms with E-state index in [1.807, 2.05) is 11.3 Å². The maximum Gasteiger partial charge on any atom is 0.0907 e. The number of H-pyrrole nitrogens is 2. The van der Waals surface area contributed by atoms with Gasteiger partial charge in [0.2, 0.25) is 0 Å². The summed E-state index contributed by atoms with van der Waals surface area (Å²) in [5.41, 5.74) is 22.4. The first-order valence-corrected chi connectivity index (χ1v) is 17.8. The van der Waals surface area contributed by atoms with Gasteiger partial charge in [0.25, 0.3) is 0 Å². The van der Waals surface area contributed by atoms with Crippen LogP contribution in [-0.4, -0.2) is 19.9 Å². The number of nitrogens with zero attached hydrogens (tertiary/aromatic N) is 2. The molecule has 234 valence electrons. The van der Waals surface area contributed by atoms with Crippen molar-refractivity contribution in [3.05, 3.63) is 80.4 Å². The van der Waals surface area contributed by atoms with Gasteiger partial charge in [-0.05, 0) is 146 Å². The van der Waals surface area contributed by atoms with Gasteiger partial charge in [-0.2, -0.15) is 0 Å². The summed E-state index contributed by atoms with van der Waals surface area (Å²) < 4.78 is 2.70. The van der Waals surface area contributed by atoms with Gasteiger partial charge in [-0.3, -0.25) is 0 Å². The third kappa shape index (κ3) is 5.04. The van der Waals surface area contributed by atoms with Gasteiger partial charge >= 0.3 is 0 Å². The normalized spacial score (nSPS) is 13.5. The van der Waals surface area contributed by atoms with E-state index in [0.717, 1.165) is 66.8 Å². The standard InChI is InChI=1S/C40H48N4S/c1-11-25-21(7)31-17-33-27(13-3)23(9)39(43-33)40-24(10)28(14-4)34(44-40)18-32-22(8)26(12-2)36(42-32)20-38-30(16-6)29(15-5)37(45-38)19-35(25)41-31/h17-20,41,43H,11-16H2,1-10H3. The van der Waals surface area contributed by atoms with Crippen LogP contribution in [-0.2, 0) is 25.7 Å². The Morgan fingerprint density at radius 1 is 0.511 bits per heavy atom. The molecule has 0 aromatic carbocycles. The summed E-state index contributed by atoms with van der Waals surface area (Å²) in [5, 5.41) is 0. The van der Waals surface area contributed by atoms with Gasteiger partial charge in [-0.25, -0.2) is 9.97 Å². The second-order valence-electron chi connectivity index (χ2n) is 12.5. The smallest absolute Gasteiger partial charge is 0.0907 e. The molecule has 0 saturated heterocycles. The molecule has 45 heavy (non-hydrogen) atoms. The van der Waals surface area contributed by atoms with E-state index in [4.69, 9.17) is 9.97 Å². The van der Waals surface area contributed by atoms with Crippen LogP contribution in [0.2, 0.25) is 0 Å². The molecule has 0 saturated carbocycles. The van der Waals surface area contributed by atoms with Gasteiger partial charge in [0.05, 0.1) is 28.3 Å². The first-order valence-electron chi connectivity index (χ1n) is 17.0. The zero-order valence-corrected chi connectivity index (χ0v) is 29.7. The summed E-state index contributed by atoms with van der Waals surface area (Å²) in [5.74, 6) is 0. The SMILES string of the molecule is CCC1=C(C)c2cc3nc(c4[nH]c(cc5[nH]c(cc6sc(cc1n2)c(CC)c6CC)c(CC)c5C)c(CC)c4C)C(C)=C3CC. The molecule has 2 aliphatic heterocycles. The quantitative estimate of drug-likeness (QED) is 0.226. The van der Waals surface area contributed by atoms with Crippen molar-refractivity contribution >= 4 is 65.1 Å². The third-order valence-electron chi connectivity index (χ3n) is 10.2. The Morgan fingerprint density at radius 3 is 1.69 bits per heavy atom. The summed E-state index contributed by atoms with van der Waals surface area (Å²) >= 11 is 1.92. The van der Waals surface area contributed by atoms with Gasteiger partial charge in [0.15, 0.2) is 0 Å². The summed E-state index contributed by atoms with van der Waals surface area (Å²) in [4.78, 5) is 18.3. The minimum absolute atomic E-state index is 0.932. The van der Waals surface area contributed by atoms with Crippen LogP contribution in [0.1, 0.15) is 124 Å². The van der Waals surface area contributed by atoms with Crippen molar-refractivity contribution < 1.29 is 0 Å². The van der Waals surface area contributed by atoms with Crippen molar-refractivity contribution in [2.45, 2.75) is 108 Å². The predicted molar refractivity (Wildman–Crippen MR) is 198 cm³/mol. The van der Waals surface area contributed by atoms with E-state index in [1.54, 1.807) is 0 Å². The lowest BCUT2D eigenvalue weighted by Crippen LogP contribution is -1.86. The van der Waals surface area contributed by atoms with Gasteiger partial charge in [-0.1, -0.05) is 41.5 Å². The van der Waals surface area contributed by atoms with Crippen LogP contribution in [0.15, 0.2) is 24.3 Å². The molecule has 4 nitrogen and oxygen atoms in total. The molecule has 4 aromatic rings. The van der Waals surface area contributed by atoms with Crippen LogP contribution in [0.5, 0.6) is 0 Å². The number of aryl methyl sites for hydroxylation is 6. The van der Waals surface area contributed by atoms with Crippen molar-refractivity contribution in [1.29, 1.82) is 0 Å². The number of fused-ring (bicyclic) bond motifs is 11. The highest BCUT2D eigenvalue weighted by atomic mass is 32.1. The van der Waals surface area contributed by atoms with Crippen LogP contribution in [0.4, 0.5) is 0 Å². The summed E-state index contributed by atoms with van der Waals surface area (Å²) in [6.45, 7) is 22.6. The lowest BCUT2D eigenvalue weighted by molar-refractivity contribution is 1.07. The molecular formula is C40H48N4S.